The van der Waals surface area contributed by atoms with Crippen molar-refractivity contribution in [1.82, 2.24) is 100 Å². The maximum Gasteiger partial charge on any atom is 0.180 e. The molecule has 0 unspecified atom stereocenters. The molecule has 15 aromatic heterocycles. The van der Waals surface area contributed by atoms with Crippen LogP contribution in [-0.4, -0.2) is 100 Å². The average Bonchev–Trinajstić information content (AvgIpc) is 1.20. The molecule has 0 saturated heterocycles. The third kappa shape index (κ3) is 55.7. The summed E-state index contributed by atoms with van der Waals surface area (Å²) >= 11 is 4.78. The summed E-state index contributed by atoms with van der Waals surface area (Å²) in [6.45, 7) is 0. The first-order valence-corrected chi connectivity index (χ1v) is 35.8. The zero-order valence-corrected chi connectivity index (χ0v) is 62.1. The molecule has 0 aliphatic carbocycles. The Balaban J connectivity index is 0.000000247. The molecule has 15 heterocycles. The summed E-state index contributed by atoms with van der Waals surface area (Å²) in [5, 5.41) is 40.3. The number of aromatic amines is 4. The normalized spacial score (nSPS) is 8.55. The van der Waals surface area contributed by atoms with Crippen LogP contribution in [0, 0.1) is 0 Å². The Kier molecular flexibility index (Phi) is 56.6. The number of hydrogen-bond donors (Lipinski definition) is 4. The second kappa shape index (κ2) is 71.1. The van der Waals surface area contributed by atoms with E-state index in [-0.39, 0.29) is 0 Å². The quantitative estimate of drug-likeness (QED) is 0.110. The summed E-state index contributed by atoms with van der Waals surface area (Å²) in [6, 6.07) is 85.7. The van der Waals surface area contributed by atoms with E-state index in [0.717, 1.165) is 5.52 Å². The molecule has 0 saturated carbocycles. The van der Waals surface area contributed by atoms with Gasteiger partial charge in [-0.2, -0.15) is 42.0 Å². The van der Waals surface area contributed by atoms with Crippen LogP contribution in [0.25, 0.3) is 32.4 Å². The number of nitrogens with one attached hydrogen (secondary N) is 4. The predicted octanol–water partition coefficient (Wildman–Crippen LogP) is 20.4. The van der Waals surface area contributed by atoms with Gasteiger partial charge >= 0.3 is 0 Å². The summed E-state index contributed by atoms with van der Waals surface area (Å²) in [4.78, 5) is 39.3. The molecule has 0 radical (unpaired) electrons. The fourth-order valence-corrected chi connectivity index (χ4v) is 7.93. The molecule has 110 heavy (non-hydrogen) atoms. The molecular formula is C84H82N20O3S3. The second-order valence-electron chi connectivity index (χ2n) is 19.2. The van der Waals surface area contributed by atoms with Crippen LogP contribution in [0.15, 0.2) is 488 Å². The number of benzene rings is 6. The number of para-hydroxylation sites is 1. The van der Waals surface area contributed by atoms with Gasteiger partial charge in [0.2, 0.25) is 0 Å². The molecule has 0 spiro atoms. The van der Waals surface area contributed by atoms with E-state index < -0.39 is 0 Å². The Morgan fingerprint density at radius 2 is 0.836 bits per heavy atom. The molecule has 26 heteroatoms. The molecule has 6 aromatic carbocycles. The molecule has 21 rings (SSSR count). The summed E-state index contributed by atoms with van der Waals surface area (Å²) in [5.41, 5.74) is 2.85. The van der Waals surface area contributed by atoms with Crippen LogP contribution in [0.2, 0.25) is 0 Å². The molecule has 0 fully saturated rings. The van der Waals surface area contributed by atoms with E-state index in [1.54, 1.807) is 183 Å². The lowest BCUT2D eigenvalue weighted by Gasteiger charge is -1.92. The Morgan fingerprint density at radius 1 is 0.282 bits per heavy atom. The van der Waals surface area contributed by atoms with Crippen molar-refractivity contribution in [2.24, 2.45) is 0 Å². The summed E-state index contributed by atoms with van der Waals surface area (Å²) < 4.78 is 17.2. The van der Waals surface area contributed by atoms with Gasteiger partial charge in [0.05, 0.1) is 54.7 Å². The van der Waals surface area contributed by atoms with Crippen LogP contribution in [0.1, 0.15) is 0 Å². The van der Waals surface area contributed by atoms with Gasteiger partial charge in [0.25, 0.3) is 0 Å². The van der Waals surface area contributed by atoms with E-state index in [0.29, 0.717) is 0 Å². The number of nitrogens with zero attached hydrogens (tertiary/aromatic N) is 16. The molecule has 0 amide bonds. The number of hydrogen-bond acceptors (Lipinski definition) is 22. The van der Waals surface area contributed by atoms with Crippen molar-refractivity contribution in [1.29, 1.82) is 0 Å². The number of rotatable bonds is 0. The molecule has 21 aromatic rings. The first-order valence-electron chi connectivity index (χ1n) is 33.0. The van der Waals surface area contributed by atoms with E-state index in [2.05, 4.69) is 223 Å². The van der Waals surface area contributed by atoms with Gasteiger partial charge in [0.15, 0.2) is 6.39 Å². The highest BCUT2D eigenvalue weighted by Gasteiger charge is 1.88. The van der Waals surface area contributed by atoms with Crippen molar-refractivity contribution in [2.75, 3.05) is 0 Å². The smallest absolute Gasteiger partial charge is 0.180 e. The lowest BCUT2D eigenvalue weighted by atomic mass is 10.1. The average molecular weight is 1520 g/mol. The maximum absolute atomic E-state index is 4.58. The maximum atomic E-state index is 4.58. The van der Waals surface area contributed by atoms with E-state index in [4.69, 9.17) is 0 Å². The van der Waals surface area contributed by atoms with Crippen molar-refractivity contribution in [3.8, 4) is 0 Å². The summed E-state index contributed by atoms with van der Waals surface area (Å²) in [5.74, 6) is 0. The Bertz CT molecular complexity index is 3620. The van der Waals surface area contributed by atoms with Gasteiger partial charge in [-0.3, -0.25) is 30.0 Å². The predicted molar refractivity (Wildman–Crippen MR) is 441 cm³/mol. The first kappa shape index (κ1) is 87.5. The van der Waals surface area contributed by atoms with Crippen molar-refractivity contribution in [3.05, 3.63) is 475 Å². The second-order valence-corrected chi connectivity index (χ2v) is 21.4. The van der Waals surface area contributed by atoms with E-state index in [1.807, 2.05) is 180 Å². The van der Waals surface area contributed by atoms with Crippen molar-refractivity contribution >= 4 is 66.7 Å². The fourth-order valence-electron chi connectivity index (χ4n) is 6.77. The minimum absolute atomic E-state index is 1.06. The zero-order valence-electron chi connectivity index (χ0n) is 59.6. The molecule has 23 nitrogen and oxygen atoms in total. The molecule has 0 atom stereocenters. The number of thiazole rings is 1. The molecule has 4 N–H and O–H groups in total. The minimum atomic E-state index is 1.06. The number of thiophene rings is 1. The molecule has 0 aliphatic heterocycles. The Labute approximate surface area is 650 Å². The monoisotopic (exact) mass is 1510 g/mol. The van der Waals surface area contributed by atoms with E-state index in [1.165, 1.54) is 63.7 Å². The van der Waals surface area contributed by atoms with E-state index in [9.17, 15) is 0 Å². The number of aromatic nitrogens is 20. The van der Waals surface area contributed by atoms with Crippen LogP contribution < -0.4 is 0 Å². The Hall–Kier alpha value is -14.9. The van der Waals surface area contributed by atoms with Crippen LogP contribution in [0.5, 0.6) is 0 Å². The largest absolute Gasteiger partial charge is 0.473 e. The number of H-pyrrole nitrogens is 4. The van der Waals surface area contributed by atoms with Crippen LogP contribution in [-0.2, 0) is 0 Å². The van der Waals surface area contributed by atoms with Gasteiger partial charge in [0, 0.05) is 134 Å². The lowest BCUT2D eigenvalue weighted by Crippen LogP contribution is -1.73. The third-order valence-electron chi connectivity index (χ3n) is 11.4. The zero-order chi connectivity index (χ0) is 77.0. The van der Waals surface area contributed by atoms with Crippen LogP contribution >= 0.6 is 34.2 Å². The first-order chi connectivity index (χ1) is 54.9. The topological polar surface area (TPSA) is 309 Å². The summed E-state index contributed by atoms with van der Waals surface area (Å²) in [7, 11) is 0. The van der Waals surface area contributed by atoms with Crippen molar-refractivity contribution in [3.63, 3.8) is 0 Å². The van der Waals surface area contributed by atoms with Gasteiger partial charge in [-0.05, 0) is 129 Å². The molecule has 0 aliphatic rings. The van der Waals surface area contributed by atoms with Crippen LogP contribution in [0.3, 0.4) is 0 Å². The number of pyridine rings is 2. The number of imidazole rings is 1. The number of fused-ring (bicyclic) bond motifs is 3. The Morgan fingerprint density at radius 3 is 1.07 bits per heavy atom. The molecule has 554 valence electrons. The SMILES string of the molecule is c1c[nH]cn1.c1cc[nH]c1.c1ccc2ccccc2c1.c1ccc2ccccc2c1.c1ccc2ncccc2c1.c1ccccc1.c1ccncc1.c1ccnnc1.c1ccoc1.c1ccsc1.c1cn[nH]c1.c1cn[nH]n1.c1cnccn1.c1cncnc1.c1cnoc1.c1cnsc1.c1cocn1.c1cscn1. The minimum Gasteiger partial charge on any atom is -0.473 e. The fraction of sp³-hybridized carbons (Fsp3) is 0. The third-order valence-corrected chi connectivity index (χ3v) is 13.1. The lowest BCUT2D eigenvalue weighted by molar-refractivity contribution is 0.420. The number of oxazole rings is 1. The van der Waals surface area contributed by atoms with Crippen LogP contribution in [0.4, 0.5) is 0 Å². The van der Waals surface area contributed by atoms with E-state index >= 15 is 0 Å². The van der Waals surface area contributed by atoms with Gasteiger partial charge < -0.3 is 23.3 Å². The van der Waals surface area contributed by atoms with Gasteiger partial charge in [-0.1, -0.05) is 181 Å². The summed E-state index contributed by atoms with van der Waals surface area (Å²) in [6.07, 6.45) is 49.8. The number of furan rings is 1. The standard InChI is InChI=1S/2C10H8.C9H7N.C6H6.C5H5N.3C4H4N2.C4H5N.C4H4O.C4H4S.2C3H4N2.2C3H3NO.2C3H3NS.C2H3N3/c2*1-2-6-10-8-4-3-7-9(10)5-1;1-2-6-9-8(4-1)5-3-7-10-9;2*1-2-4-6-5-3-1;1-2-6-4-3-5-1;1-2-5-4-6-3-1;1-2-4-6-5-3-1;3*1-2-4-5-3-1;1-2-5-3-4-1;1-2-4-5-3-1;1-2-5-3-4-1;1-2-4-5-3-1;1-2-5-3-4-1;2*1-2-4-5-3-1/h2*1-8H;1-7H;1-6H;1-5H;3*1-4H;1-5H;2*1-4H;2*1-3H,(H,4,5);4*1-3H;1-2H,(H,3,4,5). The van der Waals surface area contributed by atoms with Gasteiger partial charge in [-0.25, -0.2) is 24.3 Å². The highest BCUT2D eigenvalue weighted by Crippen LogP contribution is 2.12. The molecule has 0 bridgehead atoms. The molecular weight excluding hydrogens is 1430 g/mol. The van der Waals surface area contributed by atoms with Crippen molar-refractivity contribution in [2.45, 2.75) is 0 Å². The highest BCUT2D eigenvalue weighted by molar-refractivity contribution is 7.07. The van der Waals surface area contributed by atoms with Crippen molar-refractivity contribution < 1.29 is 13.4 Å². The van der Waals surface area contributed by atoms with Gasteiger partial charge in [-0.15, -0.1) is 11.3 Å². The highest BCUT2D eigenvalue weighted by atomic mass is 32.1. The van der Waals surface area contributed by atoms with Gasteiger partial charge in [0.1, 0.15) is 18.9 Å².